The third-order valence-corrected chi connectivity index (χ3v) is 11.0. The first-order valence-corrected chi connectivity index (χ1v) is 20.7. The summed E-state index contributed by atoms with van der Waals surface area (Å²) in [6, 6.07) is 17.2. The van der Waals surface area contributed by atoms with Crippen molar-refractivity contribution in [1.29, 1.82) is 0 Å². The molecule has 13 nitrogen and oxygen atoms in total. The largest absolute Gasteiger partial charge is 0.487 e. The van der Waals surface area contributed by atoms with Crippen LogP contribution in [0.4, 0.5) is 0 Å². The van der Waals surface area contributed by atoms with Crippen LogP contribution in [0.3, 0.4) is 0 Å². The van der Waals surface area contributed by atoms with Crippen molar-refractivity contribution in [2.75, 3.05) is 19.8 Å². The lowest BCUT2D eigenvalue weighted by Crippen LogP contribution is -2.28. The lowest BCUT2D eigenvalue weighted by molar-refractivity contribution is -0.174. The molecule has 0 amide bonds. The van der Waals surface area contributed by atoms with Crippen molar-refractivity contribution in [3.8, 4) is 23.0 Å². The van der Waals surface area contributed by atoms with Gasteiger partial charge in [-0.1, -0.05) is 50.1 Å². The van der Waals surface area contributed by atoms with E-state index in [4.69, 9.17) is 33.2 Å². The molecule has 1 heterocycles. The van der Waals surface area contributed by atoms with Crippen molar-refractivity contribution in [2.45, 2.75) is 58.1 Å². The zero-order valence-electron chi connectivity index (χ0n) is 32.9. The lowest BCUT2D eigenvalue weighted by Gasteiger charge is -2.34. The van der Waals surface area contributed by atoms with Crippen LogP contribution >= 0.6 is 45.2 Å². The molecule has 0 radical (unpaired) electrons. The maximum atomic E-state index is 12.0. The van der Waals surface area contributed by atoms with Crippen LogP contribution in [0.15, 0.2) is 97.1 Å². The minimum atomic E-state index is -1.51. The van der Waals surface area contributed by atoms with Gasteiger partial charge < -0.3 is 48.5 Å². The van der Waals surface area contributed by atoms with Crippen LogP contribution in [0.1, 0.15) is 54.5 Å². The van der Waals surface area contributed by atoms with Crippen molar-refractivity contribution in [3.63, 3.8) is 0 Å². The van der Waals surface area contributed by atoms with E-state index < -0.39 is 42.9 Å². The molecule has 15 heteroatoms. The van der Waals surface area contributed by atoms with Gasteiger partial charge in [-0.2, -0.15) is 0 Å². The molecule has 6 rings (SSSR count). The minimum Gasteiger partial charge on any atom is -0.487 e. The van der Waals surface area contributed by atoms with E-state index in [1.54, 1.807) is 6.07 Å². The summed E-state index contributed by atoms with van der Waals surface area (Å²) in [7, 11) is 0. The van der Waals surface area contributed by atoms with E-state index in [-0.39, 0.29) is 42.5 Å². The number of halogens is 2. The topological polar surface area (TPSA) is 177 Å². The van der Waals surface area contributed by atoms with Gasteiger partial charge in [-0.25, -0.2) is 14.4 Å². The number of carbonyl (C=O) groups is 3. The summed E-state index contributed by atoms with van der Waals surface area (Å²) in [5.74, 6) is -0.322. The molecule has 0 spiro atoms. The normalized spacial score (nSPS) is 16.5. The number of aliphatic hydroxyl groups is 3. The van der Waals surface area contributed by atoms with Crippen LogP contribution in [-0.4, -0.2) is 78.0 Å². The van der Waals surface area contributed by atoms with Crippen LogP contribution in [0.25, 0.3) is 16.8 Å². The van der Waals surface area contributed by atoms with Crippen molar-refractivity contribution in [3.05, 3.63) is 132 Å². The zero-order chi connectivity index (χ0) is 43.4. The third kappa shape index (κ3) is 10.4. The van der Waals surface area contributed by atoms with E-state index in [0.29, 0.717) is 29.4 Å². The number of hydrogen-bond acceptors (Lipinski definition) is 13. The van der Waals surface area contributed by atoms with Gasteiger partial charge in [0.2, 0.25) is 18.9 Å². The number of carbonyl (C=O) groups excluding carboxylic acids is 3. The first-order valence-electron chi connectivity index (χ1n) is 18.6. The molecule has 4 aromatic rings. The van der Waals surface area contributed by atoms with Crippen LogP contribution in [-0.2, 0) is 39.8 Å². The van der Waals surface area contributed by atoms with Crippen molar-refractivity contribution in [1.82, 2.24) is 0 Å². The third-order valence-electron chi connectivity index (χ3n) is 9.37. The van der Waals surface area contributed by atoms with Crippen molar-refractivity contribution < 1.29 is 62.9 Å². The van der Waals surface area contributed by atoms with Gasteiger partial charge >= 0.3 is 17.9 Å². The first kappa shape index (κ1) is 44.8. The molecular formula is C45H42I2O13. The number of fused-ring (bicyclic) bond motifs is 6. The Morgan fingerprint density at radius 3 is 1.88 bits per heavy atom. The second-order valence-electron chi connectivity index (χ2n) is 14.2. The molecule has 0 saturated heterocycles. The molecule has 0 fully saturated rings. The maximum Gasteiger partial charge on any atom is 0.335 e. The molecule has 2 aliphatic rings. The highest BCUT2D eigenvalue weighted by atomic mass is 127. The first-order chi connectivity index (χ1) is 28.5. The molecule has 5 unspecified atom stereocenters. The van der Waals surface area contributed by atoms with E-state index in [9.17, 15) is 29.7 Å². The van der Waals surface area contributed by atoms with Crippen LogP contribution in [0, 0.1) is 7.14 Å². The summed E-state index contributed by atoms with van der Waals surface area (Å²) >= 11 is 4.37. The molecule has 60 heavy (non-hydrogen) atoms. The van der Waals surface area contributed by atoms with Gasteiger partial charge in [0, 0.05) is 40.2 Å². The van der Waals surface area contributed by atoms with Gasteiger partial charge in [0.25, 0.3) is 0 Å². The maximum absolute atomic E-state index is 12.0. The summed E-state index contributed by atoms with van der Waals surface area (Å²) in [6.45, 7) is 14.2. The Kier molecular flexibility index (Phi) is 14.4. The second-order valence-corrected chi connectivity index (χ2v) is 16.6. The van der Waals surface area contributed by atoms with Gasteiger partial charge in [0.1, 0.15) is 29.6 Å². The van der Waals surface area contributed by atoms with Crippen molar-refractivity contribution in [2.24, 2.45) is 0 Å². The fourth-order valence-electron chi connectivity index (χ4n) is 6.60. The average molecular weight is 1040 g/mol. The molecule has 1 aliphatic heterocycles. The van der Waals surface area contributed by atoms with E-state index in [1.165, 1.54) is 20.8 Å². The summed E-state index contributed by atoms with van der Waals surface area (Å²) in [5, 5.41) is 32.5. The predicted molar refractivity (Wildman–Crippen MR) is 237 cm³/mol. The Morgan fingerprint density at radius 2 is 1.28 bits per heavy atom. The number of esters is 3. The number of aliphatic hydroxyl groups excluding tert-OH is 3. The Balaban J connectivity index is 1.37. The Labute approximate surface area is 373 Å². The number of benzene rings is 4. The Bertz CT molecular complexity index is 2400. The molecule has 0 aromatic heterocycles. The second kappa shape index (κ2) is 19.3. The quantitative estimate of drug-likeness (QED) is 0.0294. The van der Waals surface area contributed by atoms with Crippen LogP contribution in [0.2, 0.25) is 0 Å². The van der Waals surface area contributed by atoms with Gasteiger partial charge in [0.15, 0.2) is 13.2 Å². The Hall–Kier alpha value is -4.79. The summed E-state index contributed by atoms with van der Waals surface area (Å²) < 4.78 is 40.8. The monoisotopic (exact) mass is 1040 g/mol. The molecule has 0 saturated carbocycles. The van der Waals surface area contributed by atoms with E-state index in [0.717, 1.165) is 45.7 Å². The number of ether oxygens (including phenoxy) is 7. The molecule has 314 valence electrons. The highest BCUT2D eigenvalue weighted by Crippen LogP contribution is 2.53. The highest BCUT2D eigenvalue weighted by molar-refractivity contribution is 14.1. The number of rotatable bonds is 16. The average Bonchev–Trinajstić information content (AvgIpc) is 3.20. The predicted octanol–water partition coefficient (Wildman–Crippen LogP) is 7.36. The van der Waals surface area contributed by atoms with Crippen molar-refractivity contribution >= 4 is 79.9 Å². The molecule has 1 aliphatic carbocycles. The van der Waals surface area contributed by atoms with Crippen LogP contribution in [0.5, 0.6) is 23.0 Å². The van der Waals surface area contributed by atoms with Gasteiger partial charge in [-0.3, -0.25) is 0 Å². The molecular weight excluding hydrogens is 1000 g/mol. The number of hydrogen-bond donors (Lipinski definition) is 3. The molecule has 3 N–H and O–H groups in total. The summed E-state index contributed by atoms with van der Waals surface area (Å²) in [4.78, 5) is 35.7. The summed E-state index contributed by atoms with van der Waals surface area (Å²) in [6.07, 6.45) is -0.559. The fraction of sp³-hybridized carbons (Fsp3) is 0.267. The van der Waals surface area contributed by atoms with Gasteiger partial charge in [0.05, 0.1) is 13.2 Å². The standard InChI is InChI=1S/C45H42I2O13/c1-22(2)43(51)58-36(48)19-54-28-9-11-30-25(15-28)7-13-34-40(30)39(27-17-32(46)42(33(47)18-27)56-21-38(50)60-45(53)24(5)6)41-31-12-10-29(16-26(31)8-14-35(41)57-34)55-20-37(49)59-44(52)23(3)4/h7-15,17-18,29,36-39,48-50H,1,3,5,16,19-21H2,2,4,6H3. The SMILES string of the molecule is C=C(C)C(=O)OC(O)COc1ccc2c3c(ccc2c1)Oc1ccc2c(c1C3c1cc(I)c(OCC(O)OC(=O)C(=C)C)c(I)c1)C=CC(OCC(O)OC(=O)C(=C)C)C2. The van der Waals surface area contributed by atoms with E-state index >= 15 is 0 Å². The smallest absolute Gasteiger partial charge is 0.335 e. The fourth-order valence-corrected chi connectivity index (χ4v) is 8.72. The molecule has 5 atom stereocenters. The van der Waals surface area contributed by atoms with Crippen LogP contribution < -0.4 is 14.2 Å². The van der Waals surface area contributed by atoms with E-state index in [2.05, 4.69) is 64.9 Å². The highest BCUT2D eigenvalue weighted by Gasteiger charge is 2.35. The van der Waals surface area contributed by atoms with Gasteiger partial charge in [-0.15, -0.1) is 0 Å². The lowest BCUT2D eigenvalue weighted by atomic mass is 9.76. The Morgan fingerprint density at radius 1 is 0.733 bits per heavy atom. The summed E-state index contributed by atoms with van der Waals surface area (Å²) in [5.41, 5.74) is 5.06. The van der Waals surface area contributed by atoms with Gasteiger partial charge in [-0.05, 0) is 130 Å². The molecule has 4 aromatic carbocycles. The van der Waals surface area contributed by atoms with E-state index in [1.807, 2.05) is 60.7 Å². The minimum absolute atomic E-state index is 0.150. The molecule has 0 bridgehead atoms. The zero-order valence-corrected chi connectivity index (χ0v) is 37.2.